The molecule has 0 aromatic heterocycles. The van der Waals surface area contributed by atoms with E-state index in [1.54, 1.807) is 11.6 Å². The van der Waals surface area contributed by atoms with Gasteiger partial charge in [0.2, 0.25) is 10.0 Å². The van der Waals surface area contributed by atoms with Crippen LogP contribution in [0.4, 0.5) is 8.78 Å². The van der Waals surface area contributed by atoms with Gasteiger partial charge in [0, 0.05) is 13.2 Å². The number of carbonyl (C=O) groups is 1. The van der Waals surface area contributed by atoms with Gasteiger partial charge in [-0.3, -0.25) is 15.6 Å². The first-order chi connectivity index (χ1) is 11.7. The van der Waals surface area contributed by atoms with Crippen molar-refractivity contribution in [3.05, 3.63) is 29.8 Å². The fraction of sp³-hybridized carbons (Fsp3) is 0.385. The van der Waals surface area contributed by atoms with Gasteiger partial charge in [0.25, 0.3) is 5.91 Å². The molecule has 12 heteroatoms. The zero-order chi connectivity index (χ0) is 19.0. The highest BCUT2D eigenvalue weighted by molar-refractivity contribution is 7.89. The van der Waals surface area contributed by atoms with E-state index >= 15 is 0 Å². The number of nitrogens with one attached hydrogen (secondary N) is 4. The van der Waals surface area contributed by atoms with Crippen molar-refractivity contribution in [2.75, 3.05) is 20.3 Å². The number of amides is 1. The maximum Gasteiger partial charge on any atom is 0.253 e. The SMILES string of the molecule is COC[C@H](C)NC(=S)NNC(=O)CNS(=O)(=O)c1c(F)cccc1F. The second-order valence-corrected chi connectivity index (χ2v) is 6.99. The molecule has 0 aliphatic heterocycles. The molecule has 1 amide bonds. The summed E-state index contributed by atoms with van der Waals surface area (Å²) in [6, 6.07) is 2.50. The van der Waals surface area contributed by atoms with Gasteiger partial charge in [-0.05, 0) is 31.3 Å². The fourth-order valence-electron chi connectivity index (χ4n) is 1.69. The normalized spacial score (nSPS) is 12.3. The third-order valence-corrected chi connectivity index (χ3v) is 4.39. The molecule has 25 heavy (non-hydrogen) atoms. The average molecular weight is 396 g/mol. The Kier molecular flexibility index (Phi) is 8.09. The van der Waals surface area contributed by atoms with Crippen molar-refractivity contribution in [2.45, 2.75) is 17.9 Å². The lowest BCUT2D eigenvalue weighted by Crippen LogP contribution is -2.52. The number of hydrazine groups is 1. The minimum absolute atomic E-state index is 0.0842. The van der Waals surface area contributed by atoms with Crippen LogP contribution >= 0.6 is 12.2 Å². The van der Waals surface area contributed by atoms with Gasteiger partial charge >= 0.3 is 0 Å². The number of thiocarbonyl (C=S) groups is 1. The molecule has 0 saturated heterocycles. The Bertz CT molecular complexity index is 710. The van der Waals surface area contributed by atoms with E-state index in [9.17, 15) is 22.0 Å². The van der Waals surface area contributed by atoms with Crippen molar-refractivity contribution in [1.29, 1.82) is 0 Å². The van der Waals surface area contributed by atoms with Crippen molar-refractivity contribution in [3.63, 3.8) is 0 Å². The summed E-state index contributed by atoms with van der Waals surface area (Å²) in [6.07, 6.45) is 0. The van der Waals surface area contributed by atoms with Crippen LogP contribution in [0.2, 0.25) is 0 Å². The number of benzene rings is 1. The highest BCUT2D eigenvalue weighted by atomic mass is 32.2. The molecule has 140 valence electrons. The summed E-state index contributed by atoms with van der Waals surface area (Å²) in [6.45, 7) is 1.42. The van der Waals surface area contributed by atoms with Crippen LogP contribution in [0, 0.1) is 11.6 Å². The van der Waals surface area contributed by atoms with E-state index in [0.717, 1.165) is 18.2 Å². The maximum absolute atomic E-state index is 13.5. The molecule has 8 nitrogen and oxygen atoms in total. The number of sulfonamides is 1. The lowest BCUT2D eigenvalue weighted by atomic mass is 10.3. The van der Waals surface area contributed by atoms with Crippen LogP contribution in [0.15, 0.2) is 23.1 Å². The zero-order valence-electron chi connectivity index (χ0n) is 13.4. The molecular weight excluding hydrogens is 378 g/mol. The fourth-order valence-corrected chi connectivity index (χ4v) is 3.06. The summed E-state index contributed by atoms with van der Waals surface area (Å²) in [5.41, 5.74) is 4.49. The van der Waals surface area contributed by atoms with Gasteiger partial charge < -0.3 is 10.1 Å². The Hall–Kier alpha value is -1.89. The molecule has 0 saturated carbocycles. The Morgan fingerprint density at radius 3 is 2.44 bits per heavy atom. The molecule has 0 bridgehead atoms. The molecule has 0 radical (unpaired) electrons. The molecule has 0 aliphatic carbocycles. The minimum Gasteiger partial charge on any atom is -0.383 e. The Labute approximate surface area is 149 Å². The third kappa shape index (κ3) is 6.86. The minimum atomic E-state index is -4.54. The van der Waals surface area contributed by atoms with Crippen LogP contribution in [0.25, 0.3) is 0 Å². The second kappa shape index (κ2) is 9.56. The molecule has 0 fully saturated rings. The predicted octanol–water partition coefficient (Wildman–Crippen LogP) is -0.227. The van der Waals surface area contributed by atoms with Crippen molar-refractivity contribution < 1.29 is 26.7 Å². The quantitative estimate of drug-likeness (QED) is 0.373. The van der Waals surface area contributed by atoms with Crippen molar-refractivity contribution >= 4 is 33.3 Å². The number of methoxy groups -OCH3 is 1. The first-order valence-corrected chi connectivity index (χ1v) is 8.84. The number of halogens is 2. The number of ether oxygens (including phenoxy) is 1. The Morgan fingerprint density at radius 1 is 1.28 bits per heavy atom. The standard InChI is InChI=1S/C13H18F2N4O4S2/c1-8(7-23-2)17-13(24)19-18-11(20)6-16-25(21,22)12-9(14)4-3-5-10(12)15/h3-5,8,16H,6-7H2,1-2H3,(H,18,20)(H2,17,19,24)/t8-/m0/s1. The summed E-state index contributed by atoms with van der Waals surface area (Å²) in [5.74, 6) is -3.34. The molecule has 1 aromatic rings. The smallest absolute Gasteiger partial charge is 0.253 e. The van der Waals surface area contributed by atoms with Crippen molar-refractivity contribution in [2.24, 2.45) is 0 Å². The molecular formula is C13H18F2N4O4S2. The predicted molar refractivity (Wildman–Crippen MR) is 89.9 cm³/mol. The lowest BCUT2D eigenvalue weighted by molar-refractivity contribution is -0.120. The number of hydrogen-bond acceptors (Lipinski definition) is 5. The largest absolute Gasteiger partial charge is 0.383 e. The van der Waals surface area contributed by atoms with Gasteiger partial charge in [0.15, 0.2) is 10.0 Å². The number of rotatable bonds is 7. The van der Waals surface area contributed by atoms with E-state index in [-0.39, 0.29) is 11.2 Å². The van der Waals surface area contributed by atoms with E-state index in [4.69, 9.17) is 17.0 Å². The summed E-state index contributed by atoms with van der Waals surface area (Å²) in [4.78, 5) is 10.5. The molecule has 4 N–H and O–H groups in total. The number of hydrogen-bond donors (Lipinski definition) is 4. The molecule has 0 unspecified atom stereocenters. The van der Waals surface area contributed by atoms with Crippen molar-refractivity contribution in [3.8, 4) is 0 Å². The van der Waals surface area contributed by atoms with Crippen LogP contribution in [-0.2, 0) is 19.6 Å². The average Bonchev–Trinajstić information content (AvgIpc) is 2.51. The van der Waals surface area contributed by atoms with Crippen LogP contribution in [0.5, 0.6) is 0 Å². The highest BCUT2D eigenvalue weighted by Gasteiger charge is 2.24. The Morgan fingerprint density at radius 2 is 1.88 bits per heavy atom. The lowest BCUT2D eigenvalue weighted by Gasteiger charge is -2.16. The molecule has 0 aliphatic rings. The molecule has 1 aromatic carbocycles. The van der Waals surface area contributed by atoms with Gasteiger partial charge in [-0.15, -0.1) is 0 Å². The van der Waals surface area contributed by atoms with Crippen LogP contribution in [-0.4, -0.2) is 45.7 Å². The first kappa shape index (κ1) is 21.2. The van der Waals surface area contributed by atoms with Gasteiger partial charge in [-0.1, -0.05) is 6.07 Å². The first-order valence-electron chi connectivity index (χ1n) is 6.95. The van der Waals surface area contributed by atoms with Crippen LogP contribution < -0.4 is 20.9 Å². The van der Waals surface area contributed by atoms with Crippen molar-refractivity contribution in [1.82, 2.24) is 20.9 Å². The topological polar surface area (TPSA) is 109 Å². The van der Waals surface area contributed by atoms with E-state index in [1.807, 2.05) is 0 Å². The summed E-state index contributed by atoms with van der Waals surface area (Å²) in [5, 5.41) is 2.88. The molecule has 1 atom stereocenters. The second-order valence-electron chi connectivity index (χ2n) is 4.88. The summed E-state index contributed by atoms with van der Waals surface area (Å²) >= 11 is 4.90. The van der Waals surface area contributed by atoms with E-state index < -0.39 is 39.0 Å². The van der Waals surface area contributed by atoms with E-state index in [0.29, 0.717) is 6.61 Å². The summed E-state index contributed by atoms with van der Waals surface area (Å²) < 4.78 is 57.5. The molecule has 1 rings (SSSR count). The number of carbonyl (C=O) groups excluding carboxylic acids is 1. The van der Waals surface area contributed by atoms with Crippen LogP contribution in [0.1, 0.15) is 6.92 Å². The zero-order valence-corrected chi connectivity index (χ0v) is 15.1. The van der Waals surface area contributed by atoms with Gasteiger partial charge in [0.1, 0.15) is 11.6 Å². The monoisotopic (exact) mass is 396 g/mol. The highest BCUT2D eigenvalue weighted by Crippen LogP contribution is 2.17. The van der Waals surface area contributed by atoms with Gasteiger partial charge in [-0.2, -0.15) is 0 Å². The summed E-state index contributed by atoms with van der Waals surface area (Å²) in [7, 11) is -3.02. The van der Waals surface area contributed by atoms with Crippen LogP contribution in [0.3, 0.4) is 0 Å². The van der Waals surface area contributed by atoms with E-state index in [2.05, 4.69) is 16.2 Å². The Balaban J connectivity index is 2.52. The molecule has 0 spiro atoms. The van der Waals surface area contributed by atoms with E-state index in [1.165, 1.54) is 7.11 Å². The third-order valence-electron chi connectivity index (χ3n) is 2.72. The van der Waals surface area contributed by atoms with Gasteiger partial charge in [0.05, 0.1) is 13.2 Å². The molecule has 0 heterocycles. The van der Waals surface area contributed by atoms with Gasteiger partial charge in [-0.25, -0.2) is 21.9 Å². The maximum atomic E-state index is 13.5.